The third kappa shape index (κ3) is 3.23. The number of aromatic carboxylic acids is 1. The van der Waals surface area contributed by atoms with Gasteiger partial charge in [0.25, 0.3) is 0 Å². The van der Waals surface area contributed by atoms with E-state index in [0.717, 1.165) is 30.0 Å². The lowest BCUT2D eigenvalue weighted by atomic mass is 10.0. The summed E-state index contributed by atoms with van der Waals surface area (Å²) in [5, 5.41) is 9.44. The lowest BCUT2D eigenvalue weighted by molar-refractivity contribution is 0.0694. The van der Waals surface area contributed by atoms with E-state index in [1.165, 1.54) is 5.57 Å². The molecule has 0 saturated heterocycles. The number of carbonyl (C=O) groups is 1. The zero-order valence-corrected chi connectivity index (χ0v) is 13.8. The molecule has 0 aromatic heterocycles. The van der Waals surface area contributed by atoms with Crippen LogP contribution < -0.4 is 9.47 Å². The summed E-state index contributed by atoms with van der Waals surface area (Å²) < 4.78 is 11.6. The van der Waals surface area contributed by atoms with E-state index in [4.69, 9.17) is 9.47 Å². The minimum absolute atomic E-state index is 0.309. The van der Waals surface area contributed by atoms with Gasteiger partial charge in [-0.15, -0.1) is 0 Å². The number of hydrogen-bond donors (Lipinski definition) is 1. The Bertz CT molecular complexity index is 843. The molecular formula is C20H19NO4. The topological polar surface area (TPSA) is 59.0 Å². The van der Waals surface area contributed by atoms with E-state index in [1.54, 1.807) is 12.1 Å². The van der Waals surface area contributed by atoms with E-state index in [0.29, 0.717) is 31.1 Å². The Kier molecular flexibility index (Phi) is 4.15. The highest BCUT2D eigenvalue weighted by Gasteiger charge is 2.22. The smallest absolute Gasteiger partial charge is 0.336 e. The molecule has 0 amide bonds. The summed E-state index contributed by atoms with van der Waals surface area (Å²) >= 11 is 0. The summed E-state index contributed by atoms with van der Waals surface area (Å²) in [6, 6.07) is 13.2. The van der Waals surface area contributed by atoms with Crippen LogP contribution in [0.2, 0.25) is 0 Å². The van der Waals surface area contributed by atoms with Gasteiger partial charge in [0.15, 0.2) is 0 Å². The number of ether oxygens (including phenoxy) is 2. The third-order valence-electron chi connectivity index (χ3n) is 4.53. The second-order valence-electron chi connectivity index (χ2n) is 6.28. The van der Waals surface area contributed by atoms with Crippen LogP contribution in [0.4, 0.5) is 0 Å². The third-order valence-corrected chi connectivity index (χ3v) is 4.53. The van der Waals surface area contributed by atoms with E-state index < -0.39 is 5.97 Å². The Labute approximate surface area is 146 Å². The minimum Gasteiger partial charge on any atom is -0.492 e. The fraction of sp³-hybridized carbons (Fsp3) is 0.250. The van der Waals surface area contributed by atoms with E-state index >= 15 is 0 Å². The van der Waals surface area contributed by atoms with Gasteiger partial charge in [-0.05, 0) is 29.8 Å². The summed E-state index contributed by atoms with van der Waals surface area (Å²) in [6.45, 7) is 3.12. The molecule has 0 spiro atoms. The molecule has 0 bridgehead atoms. The van der Waals surface area contributed by atoms with Gasteiger partial charge in [-0.25, -0.2) is 4.79 Å². The molecule has 0 atom stereocenters. The molecule has 0 radical (unpaired) electrons. The molecule has 25 heavy (non-hydrogen) atoms. The Morgan fingerprint density at radius 3 is 2.80 bits per heavy atom. The summed E-state index contributed by atoms with van der Waals surface area (Å²) in [6.07, 6.45) is 2.16. The number of benzene rings is 2. The van der Waals surface area contributed by atoms with Gasteiger partial charge in [-0.2, -0.15) is 0 Å². The van der Waals surface area contributed by atoms with Crippen LogP contribution in [0.1, 0.15) is 21.5 Å². The maximum atomic E-state index is 11.5. The average molecular weight is 337 g/mol. The molecule has 5 heteroatoms. The van der Waals surface area contributed by atoms with Gasteiger partial charge in [-0.3, -0.25) is 4.90 Å². The van der Waals surface area contributed by atoms with Crippen LogP contribution in [0.3, 0.4) is 0 Å². The molecule has 128 valence electrons. The largest absolute Gasteiger partial charge is 0.492 e. The highest BCUT2D eigenvalue weighted by Crippen LogP contribution is 2.29. The van der Waals surface area contributed by atoms with Crippen molar-refractivity contribution < 1.29 is 19.4 Å². The first-order chi connectivity index (χ1) is 12.2. The Balaban J connectivity index is 1.57. The molecule has 0 fully saturated rings. The number of nitrogens with zero attached hydrogens (tertiary/aromatic N) is 1. The fourth-order valence-corrected chi connectivity index (χ4v) is 3.33. The monoisotopic (exact) mass is 337 g/mol. The van der Waals surface area contributed by atoms with Crippen molar-refractivity contribution in [3.8, 4) is 11.5 Å². The Morgan fingerprint density at radius 1 is 1.08 bits per heavy atom. The summed E-state index contributed by atoms with van der Waals surface area (Å²) in [5.41, 5.74) is 3.31. The van der Waals surface area contributed by atoms with Crippen molar-refractivity contribution in [2.45, 2.75) is 6.54 Å². The van der Waals surface area contributed by atoms with Crippen molar-refractivity contribution in [1.82, 2.24) is 4.90 Å². The van der Waals surface area contributed by atoms with Crippen molar-refractivity contribution in [1.29, 1.82) is 0 Å². The van der Waals surface area contributed by atoms with Crippen molar-refractivity contribution in [2.24, 2.45) is 0 Å². The molecule has 0 aliphatic carbocycles. The summed E-state index contributed by atoms with van der Waals surface area (Å²) in [5.74, 6) is 0.655. The number of carboxylic acids is 1. The van der Waals surface area contributed by atoms with Crippen molar-refractivity contribution in [3.05, 3.63) is 64.7 Å². The van der Waals surface area contributed by atoms with E-state index in [2.05, 4.69) is 11.0 Å². The standard InChI is InChI=1S/C20H19NO4/c22-20(23)16-5-3-7-19-17(16)12-21(8-9-24-19)11-14-10-15-4-1-2-6-18(15)25-13-14/h1-7,10H,8-9,11-13H2,(H,22,23). The molecule has 5 nitrogen and oxygen atoms in total. The minimum atomic E-state index is -0.920. The predicted octanol–water partition coefficient (Wildman–Crippen LogP) is 3.06. The highest BCUT2D eigenvalue weighted by atomic mass is 16.5. The van der Waals surface area contributed by atoms with Gasteiger partial charge < -0.3 is 14.6 Å². The molecule has 2 aliphatic rings. The van der Waals surface area contributed by atoms with Crippen LogP contribution in [-0.4, -0.2) is 42.3 Å². The second kappa shape index (κ2) is 6.61. The quantitative estimate of drug-likeness (QED) is 0.933. The number of carboxylic acid groups (broad SMARTS) is 1. The van der Waals surface area contributed by atoms with E-state index in [-0.39, 0.29) is 0 Å². The Hall–Kier alpha value is -2.79. The van der Waals surface area contributed by atoms with Crippen LogP contribution >= 0.6 is 0 Å². The molecule has 2 aromatic carbocycles. The predicted molar refractivity (Wildman–Crippen MR) is 94.1 cm³/mol. The summed E-state index contributed by atoms with van der Waals surface area (Å²) in [4.78, 5) is 13.7. The molecule has 0 unspecified atom stereocenters. The van der Waals surface area contributed by atoms with Gasteiger partial charge in [0.2, 0.25) is 0 Å². The number of para-hydroxylation sites is 1. The average Bonchev–Trinajstić information content (AvgIpc) is 2.83. The second-order valence-corrected chi connectivity index (χ2v) is 6.28. The SMILES string of the molecule is O=C(O)c1cccc2c1CN(CC1=Cc3ccccc3OC1)CCO2. The number of hydrogen-bond acceptors (Lipinski definition) is 4. The van der Waals surface area contributed by atoms with Crippen LogP contribution in [0.15, 0.2) is 48.0 Å². The molecule has 2 aliphatic heterocycles. The first-order valence-corrected chi connectivity index (χ1v) is 8.32. The molecule has 0 saturated carbocycles. The maximum absolute atomic E-state index is 11.5. The molecular weight excluding hydrogens is 318 g/mol. The molecule has 2 aromatic rings. The van der Waals surface area contributed by atoms with Crippen LogP contribution in [0.25, 0.3) is 6.08 Å². The highest BCUT2D eigenvalue weighted by molar-refractivity contribution is 5.90. The van der Waals surface area contributed by atoms with Crippen molar-refractivity contribution in [3.63, 3.8) is 0 Å². The van der Waals surface area contributed by atoms with Crippen LogP contribution in [0, 0.1) is 0 Å². The lowest BCUT2D eigenvalue weighted by Crippen LogP contribution is -2.30. The Morgan fingerprint density at radius 2 is 1.92 bits per heavy atom. The molecule has 4 rings (SSSR count). The van der Waals surface area contributed by atoms with E-state index in [9.17, 15) is 9.90 Å². The zero-order chi connectivity index (χ0) is 17.2. The van der Waals surface area contributed by atoms with Gasteiger partial charge in [0.1, 0.15) is 24.7 Å². The summed E-state index contributed by atoms with van der Waals surface area (Å²) in [7, 11) is 0. The number of rotatable bonds is 3. The first-order valence-electron chi connectivity index (χ1n) is 8.32. The molecule has 2 heterocycles. The maximum Gasteiger partial charge on any atom is 0.336 e. The van der Waals surface area contributed by atoms with Crippen LogP contribution in [0.5, 0.6) is 11.5 Å². The zero-order valence-electron chi connectivity index (χ0n) is 13.8. The van der Waals surface area contributed by atoms with Crippen molar-refractivity contribution in [2.75, 3.05) is 26.3 Å². The first kappa shape index (κ1) is 15.7. The van der Waals surface area contributed by atoms with Gasteiger partial charge in [0.05, 0.1) is 5.56 Å². The van der Waals surface area contributed by atoms with Gasteiger partial charge >= 0.3 is 5.97 Å². The van der Waals surface area contributed by atoms with Crippen LogP contribution in [-0.2, 0) is 6.54 Å². The van der Waals surface area contributed by atoms with E-state index in [1.807, 2.05) is 30.3 Å². The van der Waals surface area contributed by atoms with Crippen molar-refractivity contribution >= 4 is 12.0 Å². The van der Waals surface area contributed by atoms with Gasteiger partial charge in [-0.1, -0.05) is 24.3 Å². The van der Waals surface area contributed by atoms with Gasteiger partial charge in [0, 0.05) is 30.8 Å². The normalized spacial score (nSPS) is 16.6. The number of fused-ring (bicyclic) bond motifs is 2. The fourth-order valence-electron chi connectivity index (χ4n) is 3.33. The lowest BCUT2D eigenvalue weighted by Gasteiger charge is -2.24. The molecule has 1 N–H and O–H groups in total.